The van der Waals surface area contributed by atoms with Gasteiger partial charge in [0.2, 0.25) is 5.16 Å². The Balaban J connectivity index is 1.60. The number of aromatic nitrogens is 3. The van der Waals surface area contributed by atoms with E-state index in [9.17, 15) is 8.78 Å². The lowest BCUT2D eigenvalue weighted by Gasteiger charge is -2.15. The van der Waals surface area contributed by atoms with Crippen LogP contribution in [0.4, 0.5) is 8.78 Å². The van der Waals surface area contributed by atoms with Crippen LogP contribution < -0.4 is 0 Å². The van der Waals surface area contributed by atoms with Crippen molar-refractivity contribution in [3.63, 3.8) is 0 Å². The fourth-order valence-corrected chi connectivity index (χ4v) is 4.65. The van der Waals surface area contributed by atoms with Crippen LogP contribution in [-0.4, -0.2) is 20.5 Å². The van der Waals surface area contributed by atoms with Gasteiger partial charge in [0.05, 0.1) is 6.54 Å². The lowest BCUT2D eigenvalue weighted by atomic mass is 9.91. The summed E-state index contributed by atoms with van der Waals surface area (Å²) >= 11 is 7.96. The van der Waals surface area contributed by atoms with Crippen LogP contribution in [0.2, 0.25) is 5.02 Å². The average molecular weight is 450 g/mol. The summed E-state index contributed by atoms with van der Waals surface area (Å²) in [5.74, 6) is -0.333. The number of thioether (sulfide) groups is 1. The van der Waals surface area contributed by atoms with Crippen LogP contribution in [0.3, 0.4) is 0 Å². The molecular weight excluding hydrogens is 428 g/mol. The molecular formula is C22H22ClF2N3OS. The number of nitrogens with zero attached hydrogens (tertiary/aromatic N) is 3. The molecule has 2 atom stereocenters. The van der Waals surface area contributed by atoms with Crippen LogP contribution in [0.25, 0.3) is 0 Å². The fourth-order valence-electron chi connectivity index (χ4n) is 3.60. The number of unbranched alkanes of at least 4 members (excludes halogenated alkanes) is 2. The zero-order valence-electron chi connectivity index (χ0n) is 16.5. The molecule has 0 saturated carbocycles. The quantitative estimate of drug-likeness (QED) is 0.223. The van der Waals surface area contributed by atoms with Crippen LogP contribution in [0.1, 0.15) is 43.4 Å². The van der Waals surface area contributed by atoms with E-state index >= 15 is 0 Å². The predicted molar refractivity (Wildman–Crippen MR) is 114 cm³/mol. The lowest BCUT2D eigenvalue weighted by molar-refractivity contribution is 0.256. The zero-order valence-corrected chi connectivity index (χ0v) is 18.1. The first-order valence-corrected chi connectivity index (χ1v) is 11.3. The van der Waals surface area contributed by atoms with E-state index in [1.54, 1.807) is 28.8 Å². The molecule has 1 fully saturated rings. The Bertz CT molecular complexity index is 1030. The second-order valence-corrected chi connectivity index (χ2v) is 8.78. The first-order valence-electron chi connectivity index (χ1n) is 9.93. The van der Waals surface area contributed by atoms with Crippen LogP contribution >= 0.6 is 23.4 Å². The Kier molecular flexibility index (Phi) is 6.41. The Morgan fingerprint density at radius 3 is 2.80 bits per heavy atom. The van der Waals surface area contributed by atoms with E-state index in [0.29, 0.717) is 10.2 Å². The zero-order chi connectivity index (χ0) is 21.1. The molecule has 0 amide bonds. The summed E-state index contributed by atoms with van der Waals surface area (Å²) < 4.78 is 35.9. The second kappa shape index (κ2) is 9.04. The number of halogens is 3. The summed E-state index contributed by atoms with van der Waals surface area (Å²) in [6.45, 7) is 2.41. The van der Waals surface area contributed by atoms with E-state index in [1.807, 2.05) is 18.2 Å². The molecule has 0 N–H and O–H groups in total. The van der Waals surface area contributed by atoms with Crippen molar-refractivity contribution in [2.24, 2.45) is 0 Å². The maximum Gasteiger partial charge on any atom is 0.208 e. The molecule has 2 heterocycles. The molecule has 0 spiro atoms. The minimum absolute atomic E-state index is 0.244. The van der Waals surface area contributed by atoms with Gasteiger partial charge in [-0.15, -0.1) is 5.10 Å². The smallest absolute Gasteiger partial charge is 0.208 e. The molecule has 0 radical (unpaired) electrons. The van der Waals surface area contributed by atoms with Crippen LogP contribution in [0.15, 0.2) is 53.9 Å². The highest BCUT2D eigenvalue weighted by molar-refractivity contribution is 7.99. The molecule has 1 saturated heterocycles. The molecule has 1 aliphatic heterocycles. The molecule has 4 nitrogen and oxygen atoms in total. The van der Waals surface area contributed by atoms with Crippen molar-refractivity contribution in [1.29, 1.82) is 0 Å². The summed E-state index contributed by atoms with van der Waals surface area (Å²) in [5, 5.41) is 5.73. The van der Waals surface area contributed by atoms with Gasteiger partial charge in [0, 0.05) is 28.0 Å². The third-order valence-electron chi connectivity index (χ3n) is 5.16. The lowest BCUT2D eigenvalue weighted by Crippen LogP contribution is -2.21. The molecule has 30 heavy (non-hydrogen) atoms. The normalized spacial score (nSPS) is 20.5. The summed E-state index contributed by atoms with van der Waals surface area (Å²) in [6, 6.07) is 10.8. The van der Waals surface area contributed by atoms with Gasteiger partial charge < -0.3 is 4.74 Å². The van der Waals surface area contributed by atoms with Crippen LogP contribution in [0, 0.1) is 11.6 Å². The van der Waals surface area contributed by atoms with Gasteiger partial charge in [-0.1, -0.05) is 67.4 Å². The Hall–Kier alpha value is -1.96. The van der Waals surface area contributed by atoms with Crippen molar-refractivity contribution in [2.75, 3.05) is 5.75 Å². The van der Waals surface area contributed by atoms with Gasteiger partial charge in [0.15, 0.2) is 0 Å². The molecule has 0 bridgehead atoms. The second-order valence-electron chi connectivity index (χ2n) is 7.31. The van der Waals surface area contributed by atoms with Gasteiger partial charge in [-0.3, -0.25) is 0 Å². The van der Waals surface area contributed by atoms with Gasteiger partial charge in [-0.05, 0) is 18.6 Å². The highest BCUT2D eigenvalue weighted by Gasteiger charge is 2.60. The van der Waals surface area contributed by atoms with Gasteiger partial charge in [0.1, 0.15) is 29.7 Å². The summed E-state index contributed by atoms with van der Waals surface area (Å²) in [4.78, 5) is 4.35. The van der Waals surface area contributed by atoms with Crippen molar-refractivity contribution >= 4 is 23.4 Å². The maximum atomic E-state index is 14.7. The van der Waals surface area contributed by atoms with Gasteiger partial charge in [-0.2, -0.15) is 0 Å². The number of hydrogen-bond acceptors (Lipinski definition) is 4. The summed E-state index contributed by atoms with van der Waals surface area (Å²) in [5.41, 5.74) is 0.0132. The van der Waals surface area contributed by atoms with E-state index < -0.39 is 23.3 Å². The van der Waals surface area contributed by atoms with Gasteiger partial charge in [0.25, 0.3) is 0 Å². The Morgan fingerprint density at radius 2 is 2.03 bits per heavy atom. The molecule has 1 aromatic heterocycles. The summed E-state index contributed by atoms with van der Waals surface area (Å²) in [7, 11) is 0. The third-order valence-corrected chi connectivity index (χ3v) is 6.44. The third kappa shape index (κ3) is 4.38. The van der Waals surface area contributed by atoms with Crippen molar-refractivity contribution in [2.45, 2.75) is 49.6 Å². The van der Waals surface area contributed by atoms with Gasteiger partial charge in [-0.25, -0.2) is 18.4 Å². The van der Waals surface area contributed by atoms with Crippen molar-refractivity contribution < 1.29 is 13.5 Å². The summed E-state index contributed by atoms with van der Waals surface area (Å²) in [6.07, 6.45) is 4.61. The maximum absolute atomic E-state index is 14.7. The van der Waals surface area contributed by atoms with E-state index in [0.717, 1.165) is 30.2 Å². The monoisotopic (exact) mass is 449 g/mol. The molecule has 8 heteroatoms. The van der Waals surface area contributed by atoms with E-state index in [4.69, 9.17) is 16.3 Å². The number of hydrogen-bond donors (Lipinski definition) is 0. The molecule has 1 aliphatic rings. The first kappa shape index (κ1) is 21.3. The predicted octanol–water partition coefficient (Wildman–Crippen LogP) is 6.16. The number of ether oxygens (including phenoxy) is 1. The molecule has 4 rings (SSSR count). The molecule has 158 valence electrons. The molecule has 3 aromatic rings. The van der Waals surface area contributed by atoms with Crippen LogP contribution in [-0.2, 0) is 16.9 Å². The minimum atomic E-state index is -1.03. The van der Waals surface area contributed by atoms with Crippen LogP contribution in [0.5, 0.6) is 0 Å². The Labute approximate surface area is 183 Å². The number of epoxide rings is 1. The highest BCUT2D eigenvalue weighted by Crippen LogP contribution is 2.59. The number of benzene rings is 2. The molecule has 2 aromatic carbocycles. The van der Waals surface area contributed by atoms with Crippen molar-refractivity contribution in [3.8, 4) is 0 Å². The minimum Gasteiger partial charge on any atom is -0.354 e. The highest BCUT2D eigenvalue weighted by atomic mass is 35.5. The fraction of sp³-hybridized carbons (Fsp3) is 0.364. The number of rotatable bonds is 9. The molecule has 0 aliphatic carbocycles. The average Bonchev–Trinajstić information content (AvgIpc) is 3.25. The standard InChI is InChI=1S/C22H22ClF2N3OS/c1-2-3-6-11-30-21-26-14-28(27-21)13-22(17-10-9-15(24)12-19(17)25)20(29-22)16-7-4-5-8-18(16)23/h4-5,7-10,12,14,20H,2-3,6,11,13H2,1H3/t20-,22-/m0/s1. The van der Waals surface area contributed by atoms with E-state index in [-0.39, 0.29) is 12.1 Å². The first-order chi connectivity index (χ1) is 14.5. The SMILES string of the molecule is CCCCCSc1ncn(C[C@@]2(c3ccc(F)cc3F)O[C@H]2c2ccccc2Cl)n1. The van der Waals surface area contributed by atoms with E-state index in [1.165, 1.54) is 18.6 Å². The topological polar surface area (TPSA) is 43.2 Å². The van der Waals surface area contributed by atoms with E-state index in [2.05, 4.69) is 17.0 Å². The van der Waals surface area contributed by atoms with Crippen molar-refractivity contribution in [3.05, 3.63) is 76.6 Å². The largest absolute Gasteiger partial charge is 0.354 e. The molecule has 0 unspecified atom stereocenters. The van der Waals surface area contributed by atoms with Gasteiger partial charge >= 0.3 is 0 Å². The van der Waals surface area contributed by atoms with Crippen molar-refractivity contribution in [1.82, 2.24) is 14.8 Å². The Morgan fingerprint density at radius 1 is 1.20 bits per heavy atom.